The molecule has 17 heavy (non-hydrogen) atoms. The first-order valence-corrected chi connectivity index (χ1v) is 6.22. The van der Waals surface area contributed by atoms with Crippen LogP contribution in [0.1, 0.15) is 50.3 Å². The lowest BCUT2D eigenvalue weighted by molar-refractivity contribution is -0.143. The Balaban J connectivity index is 2.37. The Bertz CT molecular complexity index is 421. The summed E-state index contributed by atoms with van der Waals surface area (Å²) in [5.74, 6) is 0.373. The Labute approximate surface area is 102 Å². The van der Waals surface area contributed by atoms with Crippen LogP contribution in [0.2, 0.25) is 0 Å². The molecule has 0 bridgehead atoms. The number of hydrogen-bond donors (Lipinski definition) is 1. The fourth-order valence-electron chi connectivity index (χ4n) is 2.81. The SMILES string of the molecule is Cc1cocc1[C@H](O)[C@@]1(C)C(=O)CCC[C@@H]1C. The molecule has 0 amide bonds. The van der Waals surface area contributed by atoms with Crippen LogP contribution in [0.4, 0.5) is 0 Å². The molecule has 1 aromatic rings. The van der Waals surface area contributed by atoms with Gasteiger partial charge in [-0.3, -0.25) is 4.79 Å². The highest BCUT2D eigenvalue weighted by molar-refractivity contribution is 5.86. The number of carbonyl (C=O) groups excluding carboxylic acids is 1. The first-order valence-electron chi connectivity index (χ1n) is 6.22. The second-order valence-electron chi connectivity index (χ2n) is 5.41. The van der Waals surface area contributed by atoms with Crippen molar-refractivity contribution in [3.05, 3.63) is 23.7 Å². The van der Waals surface area contributed by atoms with E-state index in [4.69, 9.17) is 4.42 Å². The number of carbonyl (C=O) groups is 1. The Morgan fingerprint density at radius 2 is 2.24 bits per heavy atom. The maximum absolute atomic E-state index is 12.2. The van der Waals surface area contributed by atoms with Crippen molar-refractivity contribution in [1.29, 1.82) is 0 Å². The molecular weight excluding hydrogens is 216 g/mol. The largest absolute Gasteiger partial charge is 0.472 e. The van der Waals surface area contributed by atoms with E-state index in [1.165, 1.54) is 0 Å². The van der Waals surface area contributed by atoms with Gasteiger partial charge in [-0.25, -0.2) is 0 Å². The highest BCUT2D eigenvalue weighted by Gasteiger charge is 2.47. The second kappa shape index (κ2) is 4.30. The smallest absolute Gasteiger partial charge is 0.141 e. The minimum atomic E-state index is -0.760. The van der Waals surface area contributed by atoms with Gasteiger partial charge in [0.15, 0.2) is 0 Å². The number of aryl methyl sites for hydroxylation is 1. The monoisotopic (exact) mass is 236 g/mol. The van der Waals surface area contributed by atoms with E-state index in [-0.39, 0.29) is 11.7 Å². The summed E-state index contributed by atoms with van der Waals surface area (Å²) >= 11 is 0. The standard InChI is InChI=1S/C14H20O3/c1-9-7-17-8-11(9)13(16)14(3)10(2)5-4-6-12(14)15/h7-8,10,13,16H,4-6H2,1-3H3/t10-,13-,14+/m0/s1. The molecule has 1 saturated carbocycles. The van der Waals surface area contributed by atoms with Crippen LogP contribution in [0.3, 0.4) is 0 Å². The maximum atomic E-state index is 12.2. The summed E-state index contributed by atoms with van der Waals surface area (Å²) in [4.78, 5) is 12.2. The zero-order valence-corrected chi connectivity index (χ0v) is 10.7. The molecule has 0 radical (unpaired) electrons. The molecular formula is C14H20O3. The molecule has 0 aromatic carbocycles. The van der Waals surface area contributed by atoms with Gasteiger partial charge >= 0.3 is 0 Å². The molecule has 0 spiro atoms. The van der Waals surface area contributed by atoms with Gasteiger partial charge < -0.3 is 9.52 Å². The zero-order valence-electron chi connectivity index (χ0n) is 10.7. The summed E-state index contributed by atoms with van der Waals surface area (Å²) in [6, 6.07) is 0. The van der Waals surface area contributed by atoms with Crippen LogP contribution in [0.25, 0.3) is 0 Å². The molecule has 0 aliphatic heterocycles. The van der Waals surface area contributed by atoms with E-state index >= 15 is 0 Å². The molecule has 3 atom stereocenters. The average Bonchev–Trinajstić information content (AvgIpc) is 2.71. The second-order valence-corrected chi connectivity index (χ2v) is 5.41. The fraction of sp³-hybridized carbons (Fsp3) is 0.643. The third-order valence-corrected chi connectivity index (χ3v) is 4.42. The predicted octanol–water partition coefficient (Wildman–Crippen LogP) is 3.02. The molecule has 1 heterocycles. The first kappa shape index (κ1) is 12.4. The highest BCUT2D eigenvalue weighted by Crippen LogP contribution is 2.47. The number of aliphatic hydroxyl groups is 1. The lowest BCUT2D eigenvalue weighted by atomic mass is 9.63. The molecule has 94 valence electrons. The van der Waals surface area contributed by atoms with Crippen LogP contribution >= 0.6 is 0 Å². The van der Waals surface area contributed by atoms with E-state index in [1.807, 2.05) is 13.8 Å². The highest BCUT2D eigenvalue weighted by atomic mass is 16.3. The molecule has 0 unspecified atom stereocenters. The van der Waals surface area contributed by atoms with E-state index in [0.717, 1.165) is 24.0 Å². The molecule has 3 nitrogen and oxygen atoms in total. The molecule has 1 aliphatic carbocycles. The Hall–Kier alpha value is -1.09. The average molecular weight is 236 g/mol. The number of rotatable bonds is 2. The van der Waals surface area contributed by atoms with Crippen molar-refractivity contribution in [2.75, 3.05) is 0 Å². The summed E-state index contributed by atoms with van der Waals surface area (Å²) in [5.41, 5.74) is 0.978. The van der Waals surface area contributed by atoms with Gasteiger partial charge in [-0.2, -0.15) is 0 Å². The summed E-state index contributed by atoms with van der Waals surface area (Å²) in [7, 11) is 0. The van der Waals surface area contributed by atoms with Gasteiger partial charge in [0.05, 0.1) is 24.0 Å². The molecule has 2 rings (SSSR count). The quantitative estimate of drug-likeness (QED) is 0.858. The van der Waals surface area contributed by atoms with Gasteiger partial charge in [0, 0.05) is 12.0 Å². The van der Waals surface area contributed by atoms with Gasteiger partial charge in [-0.15, -0.1) is 0 Å². The number of hydrogen-bond acceptors (Lipinski definition) is 3. The Kier molecular flexibility index (Phi) is 3.13. The minimum Gasteiger partial charge on any atom is -0.472 e. The molecule has 1 aromatic heterocycles. The normalized spacial score (nSPS) is 31.5. The minimum absolute atomic E-state index is 0.171. The van der Waals surface area contributed by atoms with Crippen LogP contribution < -0.4 is 0 Å². The zero-order chi connectivity index (χ0) is 12.6. The third-order valence-electron chi connectivity index (χ3n) is 4.42. The van der Waals surface area contributed by atoms with Crippen LogP contribution in [-0.4, -0.2) is 10.9 Å². The number of ketones is 1. The van der Waals surface area contributed by atoms with Gasteiger partial charge in [0.25, 0.3) is 0 Å². The molecule has 1 fully saturated rings. The van der Waals surface area contributed by atoms with E-state index < -0.39 is 11.5 Å². The van der Waals surface area contributed by atoms with Crippen molar-refractivity contribution in [2.45, 2.75) is 46.1 Å². The van der Waals surface area contributed by atoms with Gasteiger partial charge in [-0.1, -0.05) is 6.92 Å². The van der Waals surface area contributed by atoms with Crippen molar-refractivity contribution >= 4 is 5.78 Å². The van der Waals surface area contributed by atoms with E-state index in [1.54, 1.807) is 12.5 Å². The fourth-order valence-corrected chi connectivity index (χ4v) is 2.81. The maximum Gasteiger partial charge on any atom is 0.141 e. The van der Waals surface area contributed by atoms with Crippen LogP contribution in [-0.2, 0) is 4.79 Å². The van der Waals surface area contributed by atoms with Crippen molar-refractivity contribution in [3.8, 4) is 0 Å². The summed E-state index contributed by atoms with van der Waals surface area (Å²) < 4.78 is 5.10. The Morgan fingerprint density at radius 1 is 1.53 bits per heavy atom. The molecule has 1 N–H and O–H groups in total. The summed E-state index contributed by atoms with van der Waals surface area (Å²) in [6.07, 6.45) is 4.92. The first-order chi connectivity index (χ1) is 7.98. The van der Waals surface area contributed by atoms with Crippen molar-refractivity contribution in [2.24, 2.45) is 11.3 Å². The third kappa shape index (κ3) is 1.82. The van der Waals surface area contributed by atoms with Gasteiger partial charge in [0.2, 0.25) is 0 Å². The van der Waals surface area contributed by atoms with Crippen molar-refractivity contribution < 1.29 is 14.3 Å². The van der Waals surface area contributed by atoms with E-state index in [2.05, 4.69) is 6.92 Å². The van der Waals surface area contributed by atoms with Gasteiger partial charge in [-0.05, 0) is 38.2 Å². The van der Waals surface area contributed by atoms with Crippen LogP contribution in [0, 0.1) is 18.3 Å². The van der Waals surface area contributed by atoms with Crippen molar-refractivity contribution in [3.63, 3.8) is 0 Å². The van der Waals surface area contributed by atoms with Crippen LogP contribution in [0.5, 0.6) is 0 Å². The molecule has 1 aliphatic rings. The topological polar surface area (TPSA) is 50.4 Å². The lowest BCUT2D eigenvalue weighted by Crippen LogP contribution is -2.43. The molecule has 3 heteroatoms. The van der Waals surface area contributed by atoms with Crippen LogP contribution in [0.15, 0.2) is 16.9 Å². The summed E-state index contributed by atoms with van der Waals surface area (Å²) in [6.45, 7) is 5.83. The van der Waals surface area contributed by atoms with Gasteiger partial charge in [0.1, 0.15) is 5.78 Å². The molecule has 0 saturated heterocycles. The van der Waals surface area contributed by atoms with E-state index in [0.29, 0.717) is 6.42 Å². The number of furan rings is 1. The number of Topliss-reactive ketones (excluding diaryl/α,β-unsaturated/α-hetero) is 1. The Morgan fingerprint density at radius 3 is 2.76 bits per heavy atom. The van der Waals surface area contributed by atoms with E-state index in [9.17, 15) is 9.90 Å². The van der Waals surface area contributed by atoms with Crippen molar-refractivity contribution in [1.82, 2.24) is 0 Å². The number of aliphatic hydroxyl groups excluding tert-OH is 1. The predicted molar refractivity (Wildman–Crippen MR) is 64.5 cm³/mol. The lowest BCUT2D eigenvalue weighted by Gasteiger charge is -2.41. The summed E-state index contributed by atoms with van der Waals surface area (Å²) in [5, 5.41) is 10.5.